The van der Waals surface area contributed by atoms with E-state index in [1.165, 1.54) is 12.1 Å². The maximum Gasteiger partial charge on any atom is 0.416 e. The number of rotatable bonds is 2. The first-order valence-corrected chi connectivity index (χ1v) is 5.27. The second kappa shape index (κ2) is 3.64. The van der Waals surface area contributed by atoms with E-state index in [9.17, 15) is 18.3 Å². The molecule has 1 aromatic rings. The average molecular weight is 251 g/mol. The van der Waals surface area contributed by atoms with Crippen molar-refractivity contribution in [3.8, 4) is 0 Å². The number of aliphatic hydroxyl groups is 1. The van der Waals surface area contributed by atoms with Crippen LogP contribution in [0.2, 0.25) is 5.02 Å². The minimum absolute atomic E-state index is 0.00309. The van der Waals surface area contributed by atoms with Gasteiger partial charge in [-0.1, -0.05) is 17.7 Å². The molecule has 0 radical (unpaired) electrons. The van der Waals surface area contributed by atoms with Crippen LogP contribution >= 0.6 is 11.6 Å². The minimum atomic E-state index is -4.43. The lowest BCUT2D eigenvalue weighted by molar-refractivity contribution is -0.138. The van der Waals surface area contributed by atoms with Crippen molar-refractivity contribution in [2.24, 2.45) is 0 Å². The zero-order valence-electron chi connectivity index (χ0n) is 8.31. The van der Waals surface area contributed by atoms with Crippen molar-refractivity contribution in [1.82, 2.24) is 0 Å². The zero-order valence-corrected chi connectivity index (χ0v) is 9.07. The Bertz CT molecular complexity index is 410. The first-order valence-electron chi connectivity index (χ1n) is 4.89. The highest BCUT2D eigenvalue weighted by Crippen LogP contribution is 2.43. The summed E-state index contributed by atoms with van der Waals surface area (Å²) in [6.07, 6.45) is -3.38. The van der Waals surface area contributed by atoms with Crippen LogP contribution < -0.4 is 0 Å². The van der Waals surface area contributed by atoms with Crippen LogP contribution in [0.3, 0.4) is 0 Å². The fourth-order valence-electron chi connectivity index (χ4n) is 1.65. The number of alkyl halides is 3. The van der Waals surface area contributed by atoms with Crippen molar-refractivity contribution in [1.29, 1.82) is 0 Å². The van der Waals surface area contributed by atoms with Crippen LogP contribution in [0.5, 0.6) is 0 Å². The number of hydrogen-bond acceptors (Lipinski definition) is 1. The molecule has 1 N–H and O–H groups in total. The molecule has 0 atom stereocenters. The Morgan fingerprint density at radius 1 is 1.31 bits per heavy atom. The molecule has 1 aliphatic rings. The molecule has 16 heavy (non-hydrogen) atoms. The second-order valence-electron chi connectivity index (χ2n) is 4.16. The van der Waals surface area contributed by atoms with Crippen LogP contribution in [-0.4, -0.2) is 10.7 Å². The van der Waals surface area contributed by atoms with Gasteiger partial charge in [0.15, 0.2) is 0 Å². The van der Waals surface area contributed by atoms with E-state index in [1.807, 2.05) is 0 Å². The molecule has 1 saturated carbocycles. The van der Waals surface area contributed by atoms with Gasteiger partial charge in [-0.05, 0) is 30.5 Å². The van der Waals surface area contributed by atoms with E-state index in [-0.39, 0.29) is 17.0 Å². The first kappa shape index (κ1) is 11.7. The average Bonchev–Trinajstić information content (AvgIpc) is 2.86. The summed E-state index contributed by atoms with van der Waals surface area (Å²) in [6.45, 7) is 0. The largest absolute Gasteiger partial charge is 0.416 e. The summed E-state index contributed by atoms with van der Waals surface area (Å²) in [5.41, 5.74) is -1.73. The first-order chi connectivity index (χ1) is 7.32. The molecule has 0 spiro atoms. The van der Waals surface area contributed by atoms with Gasteiger partial charge in [-0.25, -0.2) is 0 Å². The van der Waals surface area contributed by atoms with Gasteiger partial charge in [0, 0.05) is 11.4 Å². The van der Waals surface area contributed by atoms with E-state index in [4.69, 9.17) is 11.6 Å². The summed E-state index contributed by atoms with van der Waals surface area (Å²) in [6, 6.07) is 3.68. The molecule has 0 unspecified atom stereocenters. The number of hydrogen-bond donors (Lipinski definition) is 1. The molecule has 0 bridgehead atoms. The van der Waals surface area contributed by atoms with Crippen molar-refractivity contribution < 1.29 is 18.3 Å². The Morgan fingerprint density at radius 2 is 1.94 bits per heavy atom. The molecule has 1 aliphatic carbocycles. The third kappa shape index (κ3) is 2.33. The molecule has 1 nitrogen and oxygen atoms in total. The maximum atomic E-state index is 12.7. The van der Waals surface area contributed by atoms with Gasteiger partial charge in [-0.2, -0.15) is 13.2 Å². The van der Waals surface area contributed by atoms with Gasteiger partial charge in [-0.3, -0.25) is 0 Å². The summed E-state index contributed by atoms with van der Waals surface area (Å²) in [4.78, 5) is 0. The lowest BCUT2D eigenvalue weighted by Crippen LogP contribution is -2.17. The maximum absolute atomic E-state index is 12.7. The summed E-state index contributed by atoms with van der Waals surface area (Å²) in [5.74, 6) is 0. The highest BCUT2D eigenvalue weighted by molar-refractivity contribution is 6.31. The Morgan fingerprint density at radius 3 is 2.44 bits per heavy atom. The Kier molecular flexibility index (Phi) is 2.67. The third-order valence-corrected chi connectivity index (χ3v) is 3.11. The van der Waals surface area contributed by atoms with Gasteiger partial charge in [0.2, 0.25) is 0 Å². The Labute approximate surface area is 95.8 Å². The molecule has 0 aliphatic heterocycles. The van der Waals surface area contributed by atoms with Crippen molar-refractivity contribution in [2.45, 2.75) is 31.0 Å². The summed E-state index contributed by atoms with van der Waals surface area (Å²) >= 11 is 5.76. The van der Waals surface area contributed by atoms with E-state index in [0.29, 0.717) is 12.8 Å². The molecule has 2 rings (SSSR count). The minimum Gasteiger partial charge on any atom is -0.390 e. The van der Waals surface area contributed by atoms with Crippen molar-refractivity contribution in [3.63, 3.8) is 0 Å². The number of benzene rings is 1. The normalized spacial score (nSPS) is 18.6. The SMILES string of the molecule is OC1(Cc2c(Cl)cccc2C(F)(F)F)CC1. The van der Waals surface area contributed by atoms with Crippen LogP contribution in [0.25, 0.3) is 0 Å². The predicted octanol–water partition coefficient (Wildman–Crippen LogP) is 3.43. The molecule has 88 valence electrons. The fraction of sp³-hybridized carbons (Fsp3) is 0.455. The van der Waals surface area contributed by atoms with Crippen LogP contribution in [0.15, 0.2) is 18.2 Å². The topological polar surface area (TPSA) is 20.2 Å². The van der Waals surface area contributed by atoms with Crippen LogP contribution in [0, 0.1) is 0 Å². The summed E-state index contributed by atoms with van der Waals surface area (Å²) in [5, 5.41) is 9.74. The van der Waals surface area contributed by atoms with E-state index < -0.39 is 17.3 Å². The van der Waals surface area contributed by atoms with E-state index in [0.717, 1.165) is 6.07 Å². The number of halogens is 4. The highest BCUT2D eigenvalue weighted by atomic mass is 35.5. The lowest BCUT2D eigenvalue weighted by atomic mass is 10.00. The van der Waals surface area contributed by atoms with Gasteiger partial charge < -0.3 is 5.11 Å². The van der Waals surface area contributed by atoms with Gasteiger partial charge in [0.05, 0.1) is 11.2 Å². The fourth-order valence-corrected chi connectivity index (χ4v) is 1.90. The van der Waals surface area contributed by atoms with E-state index >= 15 is 0 Å². The molecule has 0 saturated heterocycles. The molecule has 0 amide bonds. The molecule has 5 heteroatoms. The molecule has 0 aromatic heterocycles. The third-order valence-electron chi connectivity index (χ3n) is 2.76. The van der Waals surface area contributed by atoms with Crippen LogP contribution in [-0.2, 0) is 12.6 Å². The van der Waals surface area contributed by atoms with Gasteiger partial charge >= 0.3 is 6.18 Å². The molecular weight excluding hydrogens is 241 g/mol. The predicted molar refractivity (Wildman–Crippen MR) is 54.3 cm³/mol. The Hall–Kier alpha value is -0.740. The monoisotopic (exact) mass is 250 g/mol. The molecule has 1 aromatic carbocycles. The van der Waals surface area contributed by atoms with Crippen LogP contribution in [0.4, 0.5) is 13.2 Å². The van der Waals surface area contributed by atoms with Crippen molar-refractivity contribution >= 4 is 11.6 Å². The van der Waals surface area contributed by atoms with Crippen molar-refractivity contribution in [3.05, 3.63) is 34.3 Å². The quantitative estimate of drug-likeness (QED) is 0.853. The molecular formula is C11H10ClF3O. The summed E-state index contributed by atoms with van der Waals surface area (Å²) in [7, 11) is 0. The molecule has 0 heterocycles. The van der Waals surface area contributed by atoms with Gasteiger partial charge in [0.1, 0.15) is 0 Å². The van der Waals surface area contributed by atoms with E-state index in [2.05, 4.69) is 0 Å². The smallest absolute Gasteiger partial charge is 0.390 e. The summed E-state index contributed by atoms with van der Waals surface area (Å²) < 4.78 is 38.1. The molecule has 1 fully saturated rings. The standard InChI is InChI=1S/C11H10ClF3O/c12-9-3-1-2-8(11(13,14)15)7(9)6-10(16)4-5-10/h1-3,16H,4-6H2. The van der Waals surface area contributed by atoms with Crippen LogP contribution in [0.1, 0.15) is 24.0 Å². The lowest BCUT2D eigenvalue weighted by Gasteiger charge is -2.16. The zero-order chi connectivity index (χ0) is 12.0. The Balaban J connectivity index is 2.40. The second-order valence-corrected chi connectivity index (χ2v) is 4.57. The van der Waals surface area contributed by atoms with E-state index in [1.54, 1.807) is 0 Å². The highest BCUT2D eigenvalue weighted by Gasteiger charge is 2.43. The van der Waals surface area contributed by atoms with Gasteiger partial charge in [-0.15, -0.1) is 0 Å². The van der Waals surface area contributed by atoms with Crippen molar-refractivity contribution in [2.75, 3.05) is 0 Å². The van der Waals surface area contributed by atoms with Gasteiger partial charge in [0.25, 0.3) is 0 Å².